The maximum absolute atomic E-state index is 12.7. The summed E-state index contributed by atoms with van der Waals surface area (Å²) in [5, 5.41) is 8.71. The van der Waals surface area contributed by atoms with Crippen LogP contribution in [0.5, 0.6) is 11.5 Å². The van der Waals surface area contributed by atoms with Crippen LogP contribution in [0.1, 0.15) is 27.8 Å². The Hall–Kier alpha value is -2.84. The van der Waals surface area contributed by atoms with E-state index in [1.807, 2.05) is 18.2 Å². The van der Waals surface area contributed by atoms with E-state index in [1.54, 1.807) is 38.5 Å². The number of carbonyl (C=O) groups is 1. The van der Waals surface area contributed by atoms with Crippen LogP contribution < -0.4 is 14.8 Å². The summed E-state index contributed by atoms with van der Waals surface area (Å²) in [6.07, 6.45) is 0.827. The lowest BCUT2D eigenvalue weighted by atomic mass is 9.91. The van der Waals surface area contributed by atoms with Crippen molar-refractivity contribution in [2.45, 2.75) is 19.4 Å². The van der Waals surface area contributed by atoms with Crippen molar-refractivity contribution in [2.75, 3.05) is 32.6 Å². The Balaban J connectivity index is 1.64. The molecule has 3 aromatic rings. The third kappa shape index (κ3) is 3.99. The number of rotatable bonds is 6. The minimum absolute atomic E-state index is 0.0247. The molecule has 1 aliphatic rings. The standard InChI is InChI=1S/C21H23N3O4S/c1-13-9-19(23-28-13)22-20(25)12-24-7-6-14-10-16(26-2)17(27-3)11-15(14)21(24)18-5-4-8-29-18/h4-5,8-11,21H,6-7,12H2,1-3H3,(H,22,23,25)/t21-/m1/s1. The molecule has 1 aromatic carbocycles. The van der Waals surface area contributed by atoms with E-state index < -0.39 is 0 Å². The Bertz CT molecular complexity index is 1000. The quantitative estimate of drug-likeness (QED) is 0.665. The number of ether oxygens (including phenoxy) is 2. The number of nitrogens with zero attached hydrogens (tertiary/aromatic N) is 2. The van der Waals surface area contributed by atoms with Crippen molar-refractivity contribution >= 4 is 23.1 Å². The van der Waals surface area contributed by atoms with E-state index in [0.29, 0.717) is 17.3 Å². The number of methoxy groups -OCH3 is 2. The van der Waals surface area contributed by atoms with Gasteiger partial charge in [0.05, 0.1) is 26.8 Å². The first-order valence-corrected chi connectivity index (χ1v) is 10.2. The number of thiophene rings is 1. The zero-order chi connectivity index (χ0) is 20.4. The van der Waals surface area contributed by atoms with Crippen molar-refractivity contribution < 1.29 is 18.8 Å². The molecule has 0 saturated heterocycles. The van der Waals surface area contributed by atoms with Crippen LogP contribution in [-0.4, -0.2) is 43.3 Å². The smallest absolute Gasteiger partial charge is 0.239 e. The molecule has 0 bridgehead atoms. The highest BCUT2D eigenvalue weighted by Crippen LogP contribution is 2.42. The summed E-state index contributed by atoms with van der Waals surface area (Å²) in [7, 11) is 3.28. The SMILES string of the molecule is COc1cc2c(cc1OC)[C@H](c1cccs1)N(CC(=O)Nc1cc(C)on1)CC2. The van der Waals surface area contributed by atoms with Gasteiger partial charge in [-0.15, -0.1) is 11.3 Å². The van der Waals surface area contributed by atoms with Gasteiger partial charge in [0.25, 0.3) is 0 Å². The maximum Gasteiger partial charge on any atom is 0.239 e. The average Bonchev–Trinajstić information content (AvgIpc) is 3.38. The van der Waals surface area contributed by atoms with Crippen LogP contribution in [-0.2, 0) is 11.2 Å². The molecule has 4 rings (SSSR count). The summed E-state index contributed by atoms with van der Waals surface area (Å²) in [5.41, 5.74) is 2.35. The average molecular weight is 413 g/mol. The predicted molar refractivity (Wildman–Crippen MR) is 111 cm³/mol. The lowest BCUT2D eigenvalue weighted by Gasteiger charge is -2.36. The molecule has 7 nitrogen and oxygen atoms in total. The first-order chi connectivity index (χ1) is 14.1. The summed E-state index contributed by atoms with van der Waals surface area (Å²) < 4.78 is 16.0. The van der Waals surface area contributed by atoms with Crippen LogP contribution in [0.3, 0.4) is 0 Å². The number of aryl methyl sites for hydroxylation is 1. The molecule has 0 fully saturated rings. The van der Waals surface area contributed by atoms with Crippen LogP contribution in [0, 0.1) is 6.92 Å². The molecule has 0 spiro atoms. The highest BCUT2D eigenvalue weighted by Gasteiger charge is 2.32. The van der Waals surface area contributed by atoms with E-state index in [-0.39, 0.29) is 18.5 Å². The van der Waals surface area contributed by atoms with Crippen LogP contribution in [0.15, 0.2) is 40.2 Å². The Morgan fingerprint density at radius 1 is 1.31 bits per heavy atom. The van der Waals surface area contributed by atoms with Gasteiger partial charge in [-0.2, -0.15) is 0 Å². The summed E-state index contributed by atoms with van der Waals surface area (Å²) in [6.45, 7) is 2.80. The molecule has 0 radical (unpaired) electrons. The molecule has 1 atom stereocenters. The molecule has 2 aromatic heterocycles. The third-order valence-corrected chi connectivity index (χ3v) is 5.95. The van der Waals surface area contributed by atoms with Crippen LogP contribution in [0.4, 0.5) is 5.82 Å². The van der Waals surface area contributed by atoms with E-state index in [4.69, 9.17) is 14.0 Å². The lowest BCUT2D eigenvalue weighted by Crippen LogP contribution is -2.41. The van der Waals surface area contributed by atoms with Crippen molar-refractivity contribution in [1.82, 2.24) is 10.1 Å². The number of aromatic nitrogens is 1. The zero-order valence-electron chi connectivity index (χ0n) is 16.6. The normalized spacial score (nSPS) is 16.3. The Kier molecular flexibility index (Phi) is 5.55. The lowest BCUT2D eigenvalue weighted by molar-refractivity contribution is -0.117. The number of amides is 1. The fourth-order valence-corrected chi connectivity index (χ4v) is 4.62. The van der Waals surface area contributed by atoms with Gasteiger partial charge in [0.15, 0.2) is 17.3 Å². The third-order valence-electron chi connectivity index (χ3n) is 5.03. The first kappa shape index (κ1) is 19.5. The second-order valence-corrected chi connectivity index (χ2v) is 7.89. The second-order valence-electron chi connectivity index (χ2n) is 6.92. The molecule has 0 saturated carbocycles. The van der Waals surface area contributed by atoms with Gasteiger partial charge in [0.1, 0.15) is 5.76 Å². The number of hydrogen-bond acceptors (Lipinski definition) is 7. The van der Waals surface area contributed by atoms with Crippen molar-refractivity contribution in [1.29, 1.82) is 0 Å². The maximum atomic E-state index is 12.7. The van der Waals surface area contributed by atoms with E-state index in [9.17, 15) is 4.79 Å². The molecule has 0 aliphatic carbocycles. The Morgan fingerprint density at radius 3 is 2.76 bits per heavy atom. The van der Waals surface area contributed by atoms with Crippen LogP contribution >= 0.6 is 11.3 Å². The number of nitrogens with one attached hydrogen (secondary N) is 1. The zero-order valence-corrected chi connectivity index (χ0v) is 17.4. The number of benzene rings is 1. The summed E-state index contributed by atoms with van der Waals surface area (Å²) in [4.78, 5) is 16.0. The number of fused-ring (bicyclic) bond motifs is 1. The van der Waals surface area contributed by atoms with Gasteiger partial charge >= 0.3 is 0 Å². The largest absolute Gasteiger partial charge is 0.493 e. The van der Waals surface area contributed by atoms with Crippen molar-refractivity contribution in [3.8, 4) is 11.5 Å². The molecule has 1 aliphatic heterocycles. The number of anilines is 1. The monoisotopic (exact) mass is 413 g/mol. The van der Waals surface area contributed by atoms with Gasteiger partial charge in [-0.25, -0.2) is 0 Å². The van der Waals surface area contributed by atoms with E-state index in [1.165, 1.54) is 10.4 Å². The summed E-state index contributed by atoms with van der Waals surface area (Å²) in [5.74, 6) is 2.39. The van der Waals surface area contributed by atoms with Gasteiger partial charge in [-0.1, -0.05) is 11.2 Å². The topological polar surface area (TPSA) is 76.8 Å². The van der Waals surface area contributed by atoms with Crippen molar-refractivity contribution in [2.24, 2.45) is 0 Å². The van der Waals surface area contributed by atoms with Crippen LogP contribution in [0.2, 0.25) is 0 Å². The number of hydrogen-bond donors (Lipinski definition) is 1. The van der Waals surface area contributed by atoms with Crippen molar-refractivity contribution in [3.63, 3.8) is 0 Å². The van der Waals surface area contributed by atoms with E-state index >= 15 is 0 Å². The molecular weight excluding hydrogens is 390 g/mol. The molecule has 1 amide bonds. The fraction of sp³-hybridized carbons (Fsp3) is 0.333. The molecule has 1 N–H and O–H groups in total. The van der Waals surface area contributed by atoms with E-state index in [0.717, 1.165) is 24.3 Å². The summed E-state index contributed by atoms with van der Waals surface area (Å²) in [6, 6.07) is 9.90. The Labute approximate surface area is 173 Å². The molecule has 0 unspecified atom stereocenters. The van der Waals surface area contributed by atoms with Gasteiger partial charge in [0, 0.05) is 17.5 Å². The van der Waals surface area contributed by atoms with E-state index in [2.05, 4.69) is 26.8 Å². The van der Waals surface area contributed by atoms with Crippen LogP contribution in [0.25, 0.3) is 0 Å². The molecule has 152 valence electrons. The molecule has 8 heteroatoms. The predicted octanol–water partition coefficient (Wildman–Crippen LogP) is 3.65. The highest BCUT2D eigenvalue weighted by molar-refractivity contribution is 7.10. The fourth-order valence-electron chi connectivity index (χ4n) is 3.74. The van der Waals surface area contributed by atoms with Gasteiger partial charge in [0.2, 0.25) is 5.91 Å². The van der Waals surface area contributed by atoms with Gasteiger partial charge in [-0.05, 0) is 48.1 Å². The minimum Gasteiger partial charge on any atom is -0.493 e. The molecule has 3 heterocycles. The van der Waals surface area contributed by atoms with Crippen molar-refractivity contribution in [3.05, 3.63) is 57.5 Å². The highest BCUT2D eigenvalue weighted by atomic mass is 32.1. The summed E-state index contributed by atoms with van der Waals surface area (Å²) >= 11 is 1.68. The number of carbonyl (C=O) groups excluding carboxylic acids is 1. The Morgan fingerprint density at radius 2 is 2.10 bits per heavy atom. The molecule has 29 heavy (non-hydrogen) atoms. The first-order valence-electron chi connectivity index (χ1n) is 9.34. The minimum atomic E-state index is -0.121. The second kappa shape index (κ2) is 8.26. The van der Waals surface area contributed by atoms with Gasteiger partial charge < -0.3 is 19.3 Å². The molecular formula is C21H23N3O4S. The van der Waals surface area contributed by atoms with Gasteiger partial charge in [-0.3, -0.25) is 9.69 Å².